The molecule has 0 radical (unpaired) electrons. The number of carbonyl (C=O) groups excluding carboxylic acids is 3. The van der Waals surface area contributed by atoms with Gasteiger partial charge in [-0.2, -0.15) is 0 Å². The molecule has 1 aromatic carbocycles. The summed E-state index contributed by atoms with van der Waals surface area (Å²) in [6.07, 6.45) is 5.56. The molecule has 2 N–H and O–H groups in total. The van der Waals surface area contributed by atoms with Crippen molar-refractivity contribution >= 4 is 23.5 Å². The summed E-state index contributed by atoms with van der Waals surface area (Å²) >= 11 is 0. The molecule has 0 saturated heterocycles. The van der Waals surface area contributed by atoms with Crippen LogP contribution in [0.5, 0.6) is 5.75 Å². The predicted molar refractivity (Wildman–Crippen MR) is 115 cm³/mol. The Morgan fingerprint density at radius 3 is 2.16 bits per heavy atom. The number of ether oxygens (including phenoxy) is 2. The Morgan fingerprint density at radius 2 is 1.58 bits per heavy atom. The molecule has 0 aliphatic heterocycles. The molecular weight excluding hydrogens is 396 g/mol. The van der Waals surface area contributed by atoms with E-state index in [4.69, 9.17) is 9.47 Å². The van der Waals surface area contributed by atoms with Crippen molar-refractivity contribution < 1.29 is 23.9 Å². The Balaban J connectivity index is 1.31. The lowest BCUT2D eigenvalue weighted by atomic mass is 9.49. The second-order valence-corrected chi connectivity index (χ2v) is 9.66. The van der Waals surface area contributed by atoms with Crippen molar-refractivity contribution in [2.45, 2.75) is 64.5 Å². The normalized spacial score (nSPS) is 30.2. The fourth-order valence-electron chi connectivity index (χ4n) is 6.11. The molecule has 7 heteroatoms. The second-order valence-electron chi connectivity index (χ2n) is 9.66. The highest BCUT2D eigenvalue weighted by molar-refractivity contribution is 5.97. The monoisotopic (exact) mass is 428 g/mol. The summed E-state index contributed by atoms with van der Waals surface area (Å²) in [6.45, 7) is 3.13. The molecule has 1 aromatic rings. The van der Waals surface area contributed by atoms with Crippen LogP contribution < -0.4 is 15.4 Å². The van der Waals surface area contributed by atoms with Gasteiger partial charge in [-0.05, 0) is 82.3 Å². The third-order valence-corrected chi connectivity index (χ3v) is 7.25. The van der Waals surface area contributed by atoms with Gasteiger partial charge in [0, 0.05) is 5.41 Å². The minimum atomic E-state index is -1.00. The number of benzene rings is 1. The van der Waals surface area contributed by atoms with E-state index >= 15 is 0 Å². The molecule has 0 unspecified atom stereocenters. The fourth-order valence-corrected chi connectivity index (χ4v) is 6.11. The molecule has 4 bridgehead atoms. The standard InChI is InChI=1S/C24H32N2O5/c1-14(25-23(29)24-11-16-8-17(12-24)10-18(9-16)13-24)22(28)31-15(2)21(27)26-19-6-4-5-7-20(19)30-3/h4-7,14-18H,8-13H2,1-3H3,(H,25,29)(H,26,27)/t14-,15+,16?,17?,18?,24?/m0/s1. The van der Waals surface area contributed by atoms with Crippen LogP contribution in [0.4, 0.5) is 5.69 Å². The van der Waals surface area contributed by atoms with Gasteiger partial charge in [0.05, 0.1) is 12.8 Å². The number of para-hydroxylation sites is 2. The van der Waals surface area contributed by atoms with E-state index in [-0.39, 0.29) is 11.3 Å². The summed E-state index contributed by atoms with van der Waals surface area (Å²) in [6, 6.07) is 6.21. The van der Waals surface area contributed by atoms with Gasteiger partial charge in [-0.3, -0.25) is 9.59 Å². The van der Waals surface area contributed by atoms with Crippen LogP contribution in [-0.4, -0.2) is 37.0 Å². The van der Waals surface area contributed by atoms with Crippen molar-refractivity contribution in [1.82, 2.24) is 5.32 Å². The molecule has 4 aliphatic rings. The van der Waals surface area contributed by atoms with Crippen LogP contribution in [0.3, 0.4) is 0 Å². The van der Waals surface area contributed by atoms with Gasteiger partial charge in [0.1, 0.15) is 11.8 Å². The van der Waals surface area contributed by atoms with E-state index in [0.29, 0.717) is 29.2 Å². The summed E-state index contributed by atoms with van der Waals surface area (Å²) in [5.74, 6) is 1.37. The number of hydrogen-bond acceptors (Lipinski definition) is 5. The van der Waals surface area contributed by atoms with Gasteiger partial charge in [-0.15, -0.1) is 0 Å². The first-order valence-corrected chi connectivity index (χ1v) is 11.2. The van der Waals surface area contributed by atoms with Crippen LogP contribution in [0.15, 0.2) is 24.3 Å². The molecule has 4 aliphatic carbocycles. The topological polar surface area (TPSA) is 93.7 Å². The zero-order chi connectivity index (χ0) is 22.2. The number of methoxy groups -OCH3 is 1. The number of rotatable bonds is 7. The third-order valence-electron chi connectivity index (χ3n) is 7.25. The summed E-state index contributed by atoms with van der Waals surface area (Å²) in [5.41, 5.74) is 0.178. The molecule has 5 rings (SSSR count). The van der Waals surface area contributed by atoms with Crippen LogP contribution in [0.2, 0.25) is 0 Å². The number of amides is 2. The number of esters is 1. The average molecular weight is 429 g/mol. The van der Waals surface area contributed by atoms with Gasteiger partial charge in [0.15, 0.2) is 6.10 Å². The van der Waals surface area contributed by atoms with E-state index < -0.39 is 24.0 Å². The van der Waals surface area contributed by atoms with E-state index in [1.54, 1.807) is 31.2 Å². The zero-order valence-corrected chi connectivity index (χ0v) is 18.5. The highest BCUT2D eigenvalue weighted by atomic mass is 16.5. The van der Waals surface area contributed by atoms with Crippen molar-refractivity contribution in [3.63, 3.8) is 0 Å². The van der Waals surface area contributed by atoms with Crippen LogP contribution >= 0.6 is 0 Å². The maximum atomic E-state index is 13.1. The first kappa shape index (κ1) is 21.7. The summed E-state index contributed by atoms with van der Waals surface area (Å²) in [5, 5.41) is 5.59. The van der Waals surface area contributed by atoms with E-state index in [9.17, 15) is 14.4 Å². The largest absolute Gasteiger partial charge is 0.495 e. The minimum Gasteiger partial charge on any atom is -0.495 e. The SMILES string of the molecule is COc1ccccc1NC(=O)[C@@H](C)OC(=O)[C@H](C)NC(=O)C12CC3CC(CC(C3)C1)C2. The van der Waals surface area contributed by atoms with Crippen LogP contribution in [0.25, 0.3) is 0 Å². The van der Waals surface area contributed by atoms with Gasteiger partial charge in [-0.1, -0.05) is 12.1 Å². The lowest BCUT2D eigenvalue weighted by Gasteiger charge is -2.55. The van der Waals surface area contributed by atoms with E-state index in [0.717, 1.165) is 19.3 Å². The van der Waals surface area contributed by atoms with E-state index in [1.807, 2.05) is 0 Å². The summed E-state index contributed by atoms with van der Waals surface area (Å²) in [7, 11) is 1.52. The Kier molecular flexibility index (Phi) is 5.95. The summed E-state index contributed by atoms with van der Waals surface area (Å²) < 4.78 is 10.6. The Bertz CT molecular complexity index is 832. The van der Waals surface area contributed by atoms with Crippen LogP contribution in [-0.2, 0) is 19.1 Å². The molecule has 2 amide bonds. The smallest absolute Gasteiger partial charge is 0.329 e. The fraction of sp³-hybridized carbons (Fsp3) is 0.625. The first-order valence-electron chi connectivity index (χ1n) is 11.2. The molecule has 31 heavy (non-hydrogen) atoms. The second kappa shape index (κ2) is 8.52. The maximum absolute atomic E-state index is 13.1. The Hall–Kier alpha value is -2.57. The van der Waals surface area contributed by atoms with Gasteiger partial charge < -0.3 is 20.1 Å². The van der Waals surface area contributed by atoms with Gasteiger partial charge in [0.2, 0.25) is 5.91 Å². The van der Waals surface area contributed by atoms with Crippen molar-refractivity contribution in [2.75, 3.05) is 12.4 Å². The highest BCUT2D eigenvalue weighted by Crippen LogP contribution is 2.60. The third kappa shape index (κ3) is 4.41. The van der Waals surface area contributed by atoms with Gasteiger partial charge >= 0.3 is 5.97 Å². The minimum absolute atomic E-state index is 0.0258. The number of carbonyl (C=O) groups is 3. The Morgan fingerprint density at radius 1 is 1.00 bits per heavy atom. The zero-order valence-electron chi connectivity index (χ0n) is 18.5. The van der Waals surface area contributed by atoms with Crippen molar-refractivity contribution in [3.8, 4) is 5.75 Å². The molecule has 4 saturated carbocycles. The van der Waals surface area contributed by atoms with Crippen LogP contribution in [0.1, 0.15) is 52.4 Å². The predicted octanol–water partition coefficient (Wildman–Crippen LogP) is 3.29. The van der Waals surface area contributed by atoms with Crippen molar-refractivity contribution in [1.29, 1.82) is 0 Å². The average Bonchev–Trinajstić information content (AvgIpc) is 2.72. The molecule has 0 spiro atoms. The molecular formula is C24H32N2O5. The number of hydrogen-bond donors (Lipinski definition) is 2. The molecule has 168 valence electrons. The molecule has 2 atom stereocenters. The van der Waals surface area contributed by atoms with E-state index in [1.165, 1.54) is 33.3 Å². The molecule has 7 nitrogen and oxygen atoms in total. The first-order chi connectivity index (χ1) is 14.8. The van der Waals surface area contributed by atoms with Crippen molar-refractivity contribution in [3.05, 3.63) is 24.3 Å². The van der Waals surface area contributed by atoms with E-state index in [2.05, 4.69) is 10.6 Å². The lowest BCUT2D eigenvalue weighted by Crippen LogP contribution is -2.56. The summed E-state index contributed by atoms with van der Waals surface area (Å²) in [4.78, 5) is 38.1. The molecule has 0 heterocycles. The van der Waals surface area contributed by atoms with Crippen molar-refractivity contribution in [2.24, 2.45) is 23.2 Å². The lowest BCUT2D eigenvalue weighted by molar-refractivity contribution is -0.158. The number of nitrogens with one attached hydrogen (secondary N) is 2. The number of anilines is 1. The quantitative estimate of drug-likeness (QED) is 0.650. The highest BCUT2D eigenvalue weighted by Gasteiger charge is 2.54. The molecule has 4 fully saturated rings. The van der Waals surface area contributed by atoms with Crippen LogP contribution in [0, 0.1) is 23.2 Å². The molecule has 0 aromatic heterocycles. The van der Waals surface area contributed by atoms with Gasteiger partial charge in [-0.25, -0.2) is 4.79 Å². The van der Waals surface area contributed by atoms with Gasteiger partial charge in [0.25, 0.3) is 5.91 Å². The Labute approximate surface area is 183 Å². The maximum Gasteiger partial charge on any atom is 0.329 e.